The molecule has 0 saturated carbocycles. The number of hydrogen-bond donors (Lipinski definition) is 1. The predicted octanol–water partition coefficient (Wildman–Crippen LogP) is 1.48. The molecule has 7 heteroatoms. The highest BCUT2D eigenvalue weighted by atomic mass is 16.5. The summed E-state index contributed by atoms with van der Waals surface area (Å²) >= 11 is 0. The van der Waals surface area contributed by atoms with Gasteiger partial charge < -0.3 is 14.8 Å². The van der Waals surface area contributed by atoms with Crippen molar-refractivity contribution in [1.82, 2.24) is 14.8 Å². The summed E-state index contributed by atoms with van der Waals surface area (Å²) in [6.07, 6.45) is 0.864. The smallest absolute Gasteiger partial charge is 0.378 e. The Morgan fingerprint density at radius 2 is 2.10 bits per heavy atom. The van der Waals surface area contributed by atoms with Gasteiger partial charge in [-0.05, 0) is 24.1 Å². The van der Waals surface area contributed by atoms with Crippen molar-refractivity contribution < 1.29 is 14.3 Å². The maximum absolute atomic E-state index is 11.6. The van der Waals surface area contributed by atoms with Gasteiger partial charge >= 0.3 is 5.97 Å². The van der Waals surface area contributed by atoms with Crippen LogP contribution in [0, 0.1) is 0 Å². The van der Waals surface area contributed by atoms with Gasteiger partial charge in [-0.15, -0.1) is 5.10 Å². The van der Waals surface area contributed by atoms with Gasteiger partial charge in [-0.1, -0.05) is 12.1 Å². The minimum Gasteiger partial charge on any atom is -0.497 e. The van der Waals surface area contributed by atoms with Crippen molar-refractivity contribution >= 4 is 11.9 Å². The van der Waals surface area contributed by atoms with Gasteiger partial charge in [0.25, 0.3) is 5.82 Å². The van der Waals surface area contributed by atoms with Crippen LogP contribution in [0.2, 0.25) is 0 Å². The lowest BCUT2D eigenvalue weighted by atomic mass is 10.0. The molecule has 1 aliphatic rings. The quantitative estimate of drug-likeness (QED) is 0.862. The Morgan fingerprint density at radius 1 is 1.33 bits per heavy atom. The number of ether oxygens (including phenoxy) is 2. The molecule has 21 heavy (non-hydrogen) atoms. The van der Waals surface area contributed by atoms with Gasteiger partial charge in [-0.25, -0.2) is 9.48 Å². The molecular formula is C14H16N4O3. The SMILES string of the molecule is COC(=O)c1nc2n(n1)C(c1ccc(OC)cc1)CCN2. The number of hydrogen-bond acceptors (Lipinski definition) is 6. The second kappa shape index (κ2) is 5.43. The molecule has 0 bridgehead atoms. The summed E-state index contributed by atoms with van der Waals surface area (Å²) in [5, 5.41) is 7.40. The number of carbonyl (C=O) groups excluding carboxylic acids is 1. The van der Waals surface area contributed by atoms with E-state index in [1.165, 1.54) is 7.11 Å². The molecule has 0 saturated heterocycles. The molecule has 0 aliphatic carbocycles. The van der Waals surface area contributed by atoms with E-state index in [9.17, 15) is 4.79 Å². The summed E-state index contributed by atoms with van der Waals surface area (Å²) in [6, 6.07) is 7.86. The number of rotatable bonds is 3. The van der Waals surface area contributed by atoms with E-state index in [1.807, 2.05) is 24.3 Å². The molecule has 1 unspecified atom stereocenters. The first kappa shape index (κ1) is 13.4. The van der Waals surface area contributed by atoms with Gasteiger partial charge in [0.1, 0.15) is 5.75 Å². The van der Waals surface area contributed by atoms with E-state index in [-0.39, 0.29) is 11.9 Å². The minimum absolute atomic E-state index is 0.0399. The number of nitrogens with zero attached hydrogens (tertiary/aromatic N) is 3. The van der Waals surface area contributed by atoms with E-state index in [4.69, 9.17) is 4.74 Å². The first-order valence-corrected chi connectivity index (χ1v) is 6.65. The summed E-state index contributed by atoms with van der Waals surface area (Å²) in [5.41, 5.74) is 1.10. The highest BCUT2D eigenvalue weighted by Crippen LogP contribution is 2.29. The lowest BCUT2D eigenvalue weighted by molar-refractivity contribution is 0.0586. The molecule has 0 spiro atoms. The van der Waals surface area contributed by atoms with Crippen molar-refractivity contribution in [2.75, 3.05) is 26.1 Å². The maximum Gasteiger partial charge on any atom is 0.378 e. The van der Waals surface area contributed by atoms with Crippen molar-refractivity contribution in [2.45, 2.75) is 12.5 Å². The topological polar surface area (TPSA) is 78.3 Å². The van der Waals surface area contributed by atoms with Crippen LogP contribution >= 0.6 is 0 Å². The van der Waals surface area contributed by atoms with Crippen molar-refractivity contribution in [3.63, 3.8) is 0 Å². The van der Waals surface area contributed by atoms with E-state index in [2.05, 4.69) is 20.1 Å². The third-order valence-corrected chi connectivity index (χ3v) is 3.50. The van der Waals surface area contributed by atoms with Crippen LogP contribution < -0.4 is 10.1 Å². The summed E-state index contributed by atoms with van der Waals surface area (Å²) in [6.45, 7) is 0.774. The Hall–Kier alpha value is -2.57. The predicted molar refractivity (Wildman–Crippen MR) is 75.6 cm³/mol. The van der Waals surface area contributed by atoms with Crippen LogP contribution in [0.4, 0.5) is 5.95 Å². The van der Waals surface area contributed by atoms with Crippen LogP contribution in [0.15, 0.2) is 24.3 Å². The van der Waals surface area contributed by atoms with E-state index in [1.54, 1.807) is 11.8 Å². The second-order valence-corrected chi connectivity index (χ2v) is 4.70. The molecule has 1 aromatic carbocycles. The summed E-state index contributed by atoms with van der Waals surface area (Å²) in [4.78, 5) is 15.7. The zero-order chi connectivity index (χ0) is 14.8. The normalized spacial score (nSPS) is 16.8. The third kappa shape index (κ3) is 2.42. The summed E-state index contributed by atoms with van der Waals surface area (Å²) in [5.74, 6) is 0.928. The molecule has 0 fully saturated rings. The molecule has 0 radical (unpaired) electrons. The zero-order valence-electron chi connectivity index (χ0n) is 11.9. The van der Waals surface area contributed by atoms with Crippen LogP contribution in [-0.2, 0) is 4.74 Å². The van der Waals surface area contributed by atoms with Crippen LogP contribution in [-0.4, -0.2) is 41.5 Å². The molecule has 2 aromatic rings. The Kier molecular flexibility index (Phi) is 3.47. The number of fused-ring (bicyclic) bond motifs is 1. The van der Waals surface area contributed by atoms with Crippen molar-refractivity contribution in [3.8, 4) is 5.75 Å². The van der Waals surface area contributed by atoms with Gasteiger partial charge in [-0.2, -0.15) is 4.98 Å². The van der Waals surface area contributed by atoms with Gasteiger partial charge in [-0.3, -0.25) is 0 Å². The van der Waals surface area contributed by atoms with E-state index >= 15 is 0 Å². The lowest BCUT2D eigenvalue weighted by Crippen LogP contribution is -2.24. The number of methoxy groups -OCH3 is 2. The van der Waals surface area contributed by atoms with E-state index < -0.39 is 5.97 Å². The monoisotopic (exact) mass is 288 g/mol. The molecule has 110 valence electrons. The Morgan fingerprint density at radius 3 is 2.76 bits per heavy atom. The molecule has 1 aromatic heterocycles. The largest absolute Gasteiger partial charge is 0.497 e. The van der Waals surface area contributed by atoms with Crippen LogP contribution in [0.5, 0.6) is 5.75 Å². The van der Waals surface area contributed by atoms with Crippen LogP contribution in [0.1, 0.15) is 28.6 Å². The number of aromatic nitrogens is 3. The maximum atomic E-state index is 11.6. The highest BCUT2D eigenvalue weighted by Gasteiger charge is 2.26. The first-order valence-electron chi connectivity index (χ1n) is 6.65. The lowest BCUT2D eigenvalue weighted by Gasteiger charge is -2.24. The minimum atomic E-state index is -0.535. The van der Waals surface area contributed by atoms with Crippen LogP contribution in [0.25, 0.3) is 0 Å². The van der Waals surface area contributed by atoms with Gasteiger partial charge in [0.05, 0.1) is 20.3 Å². The Balaban J connectivity index is 1.95. The average Bonchev–Trinajstić information content (AvgIpc) is 2.98. The molecule has 3 rings (SSSR count). The Labute approximate surface area is 121 Å². The molecular weight excluding hydrogens is 272 g/mol. The van der Waals surface area contributed by atoms with Crippen molar-refractivity contribution in [2.24, 2.45) is 0 Å². The summed E-state index contributed by atoms with van der Waals surface area (Å²) in [7, 11) is 2.95. The zero-order valence-corrected chi connectivity index (χ0v) is 11.9. The standard InChI is InChI=1S/C14H16N4O3/c1-20-10-5-3-9(4-6-10)11-7-8-15-14-16-12(13(19)21-2)17-18(11)14/h3-6,11H,7-8H2,1-2H3,(H,15,16,17). The number of nitrogens with one attached hydrogen (secondary N) is 1. The molecule has 1 atom stereocenters. The van der Waals surface area contributed by atoms with Gasteiger partial charge in [0.15, 0.2) is 0 Å². The third-order valence-electron chi connectivity index (χ3n) is 3.50. The van der Waals surface area contributed by atoms with Gasteiger partial charge in [0.2, 0.25) is 5.95 Å². The molecule has 1 aliphatic heterocycles. The van der Waals surface area contributed by atoms with E-state index in [0.29, 0.717) is 5.95 Å². The van der Waals surface area contributed by atoms with Crippen molar-refractivity contribution in [3.05, 3.63) is 35.7 Å². The number of esters is 1. The highest BCUT2D eigenvalue weighted by molar-refractivity contribution is 5.85. The average molecular weight is 288 g/mol. The first-order chi connectivity index (χ1) is 10.2. The summed E-state index contributed by atoms with van der Waals surface area (Å²) < 4.78 is 11.6. The number of carbonyl (C=O) groups is 1. The van der Waals surface area contributed by atoms with Crippen molar-refractivity contribution in [1.29, 1.82) is 0 Å². The fraction of sp³-hybridized carbons (Fsp3) is 0.357. The number of anilines is 1. The second-order valence-electron chi connectivity index (χ2n) is 4.70. The fourth-order valence-electron chi connectivity index (χ4n) is 2.42. The van der Waals surface area contributed by atoms with Crippen LogP contribution in [0.3, 0.4) is 0 Å². The Bertz CT molecular complexity index is 651. The molecule has 7 nitrogen and oxygen atoms in total. The molecule has 0 amide bonds. The van der Waals surface area contributed by atoms with Gasteiger partial charge in [0, 0.05) is 6.54 Å². The van der Waals surface area contributed by atoms with E-state index in [0.717, 1.165) is 24.3 Å². The fourth-order valence-corrected chi connectivity index (χ4v) is 2.42. The molecule has 2 heterocycles. The number of benzene rings is 1. The molecule has 1 N–H and O–H groups in total.